The van der Waals surface area contributed by atoms with Gasteiger partial charge in [-0.25, -0.2) is 4.39 Å². The van der Waals surface area contributed by atoms with Crippen molar-refractivity contribution in [2.75, 3.05) is 19.7 Å². The molecule has 1 aromatic rings. The Morgan fingerprint density at radius 1 is 1.45 bits per heavy atom. The molecule has 0 aromatic heterocycles. The minimum atomic E-state index is -0.431. The summed E-state index contributed by atoms with van der Waals surface area (Å²) in [6.07, 6.45) is 1.55. The fraction of sp³-hybridized carbons (Fsp3) is 0.562. The van der Waals surface area contributed by atoms with E-state index in [2.05, 4.69) is 11.8 Å². The van der Waals surface area contributed by atoms with E-state index in [-0.39, 0.29) is 17.5 Å². The predicted octanol–water partition coefficient (Wildman–Crippen LogP) is 2.90. The molecule has 1 aliphatic rings. The van der Waals surface area contributed by atoms with Crippen LogP contribution in [0, 0.1) is 5.82 Å². The number of carbonyl (C=O) groups excluding carboxylic acids is 1. The highest BCUT2D eigenvalue weighted by Gasteiger charge is 2.25. The van der Waals surface area contributed by atoms with E-state index in [0.717, 1.165) is 13.0 Å². The van der Waals surface area contributed by atoms with Gasteiger partial charge in [-0.05, 0) is 25.5 Å². The molecule has 0 N–H and O–H groups in total. The monoisotopic (exact) mass is 279 g/mol. The van der Waals surface area contributed by atoms with Crippen molar-refractivity contribution in [2.45, 2.75) is 38.8 Å². The molecule has 1 fully saturated rings. The first kappa shape index (κ1) is 15.1. The molecule has 110 valence electrons. The van der Waals surface area contributed by atoms with Gasteiger partial charge in [0.05, 0.1) is 18.3 Å². The number of hydrogen-bond donors (Lipinski definition) is 0. The Bertz CT molecular complexity index is 464. The lowest BCUT2D eigenvalue weighted by atomic mass is 10.1. The van der Waals surface area contributed by atoms with Crippen molar-refractivity contribution in [1.29, 1.82) is 0 Å². The summed E-state index contributed by atoms with van der Waals surface area (Å²) in [4.78, 5) is 14.4. The van der Waals surface area contributed by atoms with E-state index in [1.54, 1.807) is 18.2 Å². The maximum atomic E-state index is 13.6. The van der Waals surface area contributed by atoms with Gasteiger partial charge in [0.15, 0.2) is 5.78 Å². The molecule has 0 spiro atoms. The third kappa shape index (κ3) is 3.64. The van der Waals surface area contributed by atoms with Crippen LogP contribution in [-0.4, -0.2) is 42.5 Å². The number of Topliss-reactive ketones (excluding diaryl/α,β-unsaturated/α-hetero) is 1. The summed E-state index contributed by atoms with van der Waals surface area (Å²) in [5, 5.41) is 0. The Balaban J connectivity index is 1.93. The van der Waals surface area contributed by atoms with Crippen LogP contribution in [0.3, 0.4) is 0 Å². The van der Waals surface area contributed by atoms with Crippen LogP contribution in [0.25, 0.3) is 0 Å². The minimum Gasteiger partial charge on any atom is -0.376 e. The average Bonchev–Trinajstić information content (AvgIpc) is 2.45. The van der Waals surface area contributed by atoms with Gasteiger partial charge in [-0.3, -0.25) is 9.69 Å². The summed E-state index contributed by atoms with van der Waals surface area (Å²) >= 11 is 0. The summed E-state index contributed by atoms with van der Waals surface area (Å²) in [5.41, 5.74) is 0.196. The van der Waals surface area contributed by atoms with Crippen molar-refractivity contribution in [3.8, 4) is 0 Å². The summed E-state index contributed by atoms with van der Waals surface area (Å²) in [7, 11) is 0. The second-order valence-electron chi connectivity index (χ2n) is 5.35. The topological polar surface area (TPSA) is 29.5 Å². The molecule has 2 atom stereocenters. The second-order valence-corrected chi connectivity index (χ2v) is 5.35. The number of morpholine rings is 1. The molecule has 0 bridgehead atoms. The van der Waals surface area contributed by atoms with Crippen molar-refractivity contribution in [3.63, 3.8) is 0 Å². The van der Waals surface area contributed by atoms with E-state index in [0.29, 0.717) is 25.6 Å². The number of ketones is 1. The lowest BCUT2D eigenvalue weighted by Gasteiger charge is -2.38. The molecule has 2 rings (SSSR count). The molecule has 1 saturated heterocycles. The van der Waals surface area contributed by atoms with Crippen molar-refractivity contribution < 1.29 is 13.9 Å². The summed E-state index contributed by atoms with van der Waals surface area (Å²) in [6.45, 7) is 6.38. The molecular weight excluding hydrogens is 257 g/mol. The molecule has 20 heavy (non-hydrogen) atoms. The first-order valence-corrected chi connectivity index (χ1v) is 7.25. The van der Waals surface area contributed by atoms with Gasteiger partial charge < -0.3 is 4.74 Å². The zero-order chi connectivity index (χ0) is 14.5. The van der Waals surface area contributed by atoms with Gasteiger partial charge in [-0.2, -0.15) is 0 Å². The van der Waals surface area contributed by atoms with E-state index >= 15 is 0 Å². The zero-order valence-electron chi connectivity index (χ0n) is 12.1. The highest BCUT2D eigenvalue weighted by atomic mass is 19.1. The largest absolute Gasteiger partial charge is 0.376 e. The van der Waals surface area contributed by atoms with Crippen molar-refractivity contribution in [3.05, 3.63) is 35.6 Å². The van der Waals surface area contributed by atoms with Crippen LogP contribution in [0.1, 0.15) is 37.0 Å². The van der Waals surface area contributed by atoms with Gasteiger partial charge in [0.1, 0.15) is 5.82 Å². The van der Waals surface area contributed by atoms with E-state index in [1.807, 2.05) is 6.92 Å². The van der Waals surface area contributed by atoms with Gasteiger partial charge in [0, 0.05) is 25.6 Å². The first-order chi connectivity index (χ1) is 9.61. The van der Waals surface area contributed by atoms with E-state index in [9.17, 15) is 9.18 Å². The maximum Gasteiger partial charge on any atom is 0.167 e. The second kappa shape index (κ2) is 6.95. The van der Waals surface area contributed by atoms with Crippen molar-refractivity contribution >= 4 is 5.78 Å². The van der Waals surface area contributed by atoms with Gasteiger partial charge >= 0.3 is 0 Å². The predicted molar refractivity (Wildman–Crippen MR) is 76.4 cm³/mol. The Labute approximate surface area is 119 Å². The number of benzene rings is 1. The molecule has 4 heteroatoms. The number of nitrogens with zero attached hydrogens (tertiary/aromatic N) is 1. The Morgan fingerprint density at radius 2 is 2.20 bits per heavy atom. The molecule has 1 aliphatic heterocycles. The number of carbonyl (C=O) groups is 1. The normalized spacial score (nSPS) is 23.8. The van der Waals surface area contributed by atoms with E-state index in [1.165, 1.54) is 6.07 Å². The average molecular weight is 279 g/mol. The number of ether oxygens (including phenoxy) is 1. The van der Waals surface area contributed by atoms with Crippen LogP contribution >= 0.6 is 0 Å². The molecule has 0 saturated carbocycles. The fourth-order valence-corrected chi connectivity index (χ4v) is 2.63. The Hall–Kier alpha value is -1.26. The van der Waals surface area contributed by atoms with Gasteiger partial charge in [0.25, 0.3) is 0 Å². The standard InChI is InChI=1S/C16H22FNO2/c1-3-13-11-20-12(2)10-18(13)9-8-16(19)14-6-4-5-7-15(14)17/h4-7,12-13H,3,8-11H2,1-2H3. The number of rotatable bonds is 5. The highest BCUT2D eigenvalue weighted by Crippen LogP contribution is 2.16. The van der Waals surface area contributed by atoms with Crippen LogP contribution in [0.15, 0.2) is 24.3 Å². The van der Waals surface area contributed by atoms with Gasteiger partial charge in [-0.1, -0.05) is 19.1 Å². The third-order valence-corrected chi connectivity index (χ3v) is 3.85. The summed E-state index contributed by atoms with van der Waals surface area (Å²) in [5.74, 6) is -0.558. The van der Waals surface area contributed by atoms with Crippen molar-refractivity contribution in [1.82, 2.24) is 4.90 Å². The molecule has 0 radical (unpaired) electrons. The van der Waals surface area contributed by atoms with Crippen LogP contribution in [0.2, 0.25) is 0 Å². The van der Waals surface area contributed by atoms with Gasteiger partial charge in [-0.15, -0.1) is 0 Å². The van der Waals surface area contributed by atoms with Crippen LogP contribution in [0.5, 0.6) is 0 Å². The SMILES string of the molecule is CCC1COC(C)CN1CCC(=O)c1ccccc1F. The number of halogens is 1. The third-order valence-electron chi connectivity index (χ3n) is 3.85. The molecule has 1 heterocycles. The number of hydrogen-bond acceptors (Lipinski definition) is 3. The van der Waals surface area contributed by atoms with E-state index < -0.39 is 5.82 Å². The minimum absolute atomic E-state index is 0.128. The first-order valence-electron chi connectivity index (χ1n) is 7.25. The Kier molecular flexibility index (Phi) is 5.26. The molecular formula is C16H22FNO2. The van der Waals surface area contributed by atoms with E-state index in [4.69, 9.17) is 4.74 Å². The molecule has 1 aromatic carbocycles. The lowest BCUT2D eigenvalue weighted by Crippen LogP contribution is -2.49. The summed E-state index contributed by atoms with van der Waals surface area (Å²) in [6, 6.07) is 6.54. The highest BCUT2D eigenvalue weighted by molar-refractivity contribution is 5.96. The Morgan fingerprint density at radius 3 is 2.90 bits per heavy atom. The molecule has 3 nitrogen and oxygen atoms in total. The molecule has 0 aliphatic carbocycles. The summed E-state index contributed by atoms with van der Waals surface area (Å²) < 4.78 is 19.2. The van der Waals surface area contributed by atoms with Crippen LogP contribution < -0.4 is 0 Å². The fourth-order valence-electron chi connectivity index (χ4n) is 2.63. The maximum absolute atomic E-state index is 13.6. The quantitative estimate of drug-likeness (QED) is 0.776. The lowest BCUT2D eigenvalue weighted by molar-refractivity contribution is -0.0553. The van der Waals surface area contributed by atoms with Gasteiger partial charge in [0.2, 0.25) is 0 Å². The molecule has 2 unspecified atom stereocenters. The van der Waals surface area contributed by atoms with Crippen molar-refractivity contribution in [2.24, 2.45) is 0 Å². The van der Waals surface area contributed by atoms with Crippen LogP contribution in [-0.2, 0) is 4.74 Å². The molecule has 0 amide bonds. The smallest absolute Gasteiger partial charge is 0.167 e. The van der Waals surface area contributed by atoms with Crippen LogP contribution in [0.4, 0.5) is 4.39 Å². The zero-order valence-corrected chi connectivity index (χ0v) is 12.1.